The van der Waals surface area contributed by atoms with Gasteiger partial charge in [0.15, 0.2) is 11.5 Å². The number of benzene rings is 1. The van der Waals surface area contributed by atoms with Gasteiger partial charge in [-0.3, -0.25) is 0 Å². The van der Waals surface area contributed by atoms with Gasteiger partial charge < -0.3 is 14.8 Å². The average Bonchev–Trinajstić information content (AvgIpc) is 2.55. The topological polar surface area (TPSA) is 30.5 Å². The van der Waals surface area contributed by atoms with E-state index in [1.165, 1.54) is 37.7 Å². The van der Waals surface area contributed by atoms with Gasteiger partial charge in [-0.1, -0.05) is 44.7 Å². The van der Waals surface area contributed by atoms with Crippen LogP contribution in [-0.2, 0) is 0 Å². The Kier molecular flexibility index (Phi) is 5.92. The lowest BCUT2D eigenvalue weighted by Gasteiger charge is -2.37. The molecule has 3 unspecified atom stereocenters. The number of rotatable bonds is 6. The van der Waals surface area contributed by atoms with Gasteiger partial charge in [0.25, 0.3) is 0 Å². The highest BCUT2D eigenvalue weighted by molar-refractivity contribution is 5.48. The fourth-order valence-corrected chi connectivity index (χ4v) is 3.94. The van der Waals surface area contributed by atoms with Gasteiger partial charge in [-0.15, -0.1) is 0 Å². The van der Waals surface area contributed by atoms with Crippen LogP contribution >= 0.6 is 0 Å². The van der Waals surface area contributed by atoms with E-state index in [-0.39, 0.29) is 0 Å². The molecule has 3 heteroatoms. The van der Waals surface area contributed by atoms with E-state index >= 15 is 0 Å². The third-order valence-electron chi connectivity index (χ3n) is 5.00. The van der Waals surface area contributed by atoms with E-state index in [1.807, 2.05) is 6.07 Å². The van der Waals surface area contributed by atoms with E-state index in [0.29, 0.717) is 12.0 Å². The van der Waals surface area contributed by atoms with E-state index in [2.05, 4.69) is 31.4 Å². The smallest absolute Gasteiger partial charge is 0.165 e. The minimum Gasteiger partial charge on any atom is -0.493 e. The van der Waals surface area contributed by atoms with Crippen LogP contribution in [0.1, 0.15) is 50.6 Å². The van der Waals surface area contributed by atoms with Crippen molar-refractivity contribution in [1.82, 2.24) is 5.32 Å². The number of methoxy groups -OCH3 is 2. The molecule has 1 N–H and O–H groups in total. The van der Waals surface area contributed by atoms with E-state index in [4.69, 9.17) is 9.47 Å². The van der Waals surface area contributed by atoms with Gasteiger partial charge in [0.2, 0.25) is 0 Å². The molecule has 0 saturated heterocycles. The third-order valence-corrected chi connectivity index (χ3v) is 5.00. The summed E-state index contributed by atoms with van der Waals surface area (Å²) in [4.78, 5) is 0. The fourth-order valence-electron chi connectivity index (χ4n) is 3.94. The van der Waals surface area contributed by atoms with Crippen molar-refractivity contribution in [2.45, 2.75) is 45.1 Å². The lowest BCUT2D eigenvalue weighted by molar-refractivity contribution is 0.178. The van der Waals surface area contributed by atoms with Crippen LogP contribution in [0.3, 0.4) is 0 Å². The first kappa shape index (κ1) is 16.2. The van der Waals surface area contributed by atoms with Crippen LogP contribution in [0.2, 0.25) is 0 Å². The molecule has 21 heavy (non-hydrogen) atoms. The van der Waals surface area contributed by atoms with Crippen molar-refractivity contribution in [3.8, 4) is 11.5 Å². The number of ether oxygens (including phenoxy) is 2. The molecule has 1 aromatic rings. The van der Waals surface area contributed by atoms with Gasteiger partial charge in [0.1, 0.15) is 0 Å². The van der Waals surface area contributed by atoms with E-state index in [9.17, 15) is 0 Å². The summed E-state index contributed by atoms with van der Waals surface area (Å²) in [7, 11) is 5.49. The second-order valence-electron chi connectivity index (χ2n) is 5.97. The van der Waals surface area contributed by atoms with Crippen LogP contribution in [-0.4, -0.2) is 21.3 Å². The van der Waals surface area contributed by atoms with Gasteiger partial charge >= 0.3 is 0 Å². The van der Waals surface area contributed by atoms with Crippen LogP contribution in [0.25, 0.3) is 0 Å². The second-order valence-corrected chi connectivity index (χ2v) is 5.97. The maximum atomic E-state index is 5.64. The van der Waals surface area contributed by atoms with Crippen molar-refractivity contribution < 1.29 is 9.47 Å². The molecule has 118 valence electrons. The zero-order chi connectivity index (χ0) is 15.2. The quantitative estimate of drug-likeness (QED) is 0.853. The molecular formula is C18H29NO2. The van der Waals surface area contributed by atoms with Crippen molar-refractivity contribution in [1.29, 1.82) is 0 Å². The van der Waals surface area contributed by atoms with Gasteiger partial charge in [-0.25, -0.2) is 0 Å². The van der Waals surface area contributed by atoms with Crippen molar-refractivity contribution >= 4 is 0 Å². The summed E-state index contributed by atoms with van der Waals surface area (Å²) in [6.07, 6.45) is 6.62. The standard InChI is InChI=1S/C18H29NO2/c1-5-13-9-6-7-10-14(13)17(19-2)15-11-8-12-16(20-3)18(15)21-4/h8,11-14,17,19H,5-7,9-10H2,1-4H3. The molecule has 0 radical (unpaired) electrons. The van der Waals surface area contributed by atoms with Gasteiger partial charge in [0, 0.05) is 11.6 Å². The molecule has 0 aromatic heterocycles. The molecule has 3 nitrogen and oxygen atoms in total. The number of hydrogen-bond donors (Lipinski definition) is 1. The monoisotopic (exact) mass is 291 g/mol. The van der Waals surface area contributed by atoms with Crippen molar-refractivity contribution in [3.05, 3.63) is 23.8 Å². The van der Waals surface area contributed by atoms with Gasteiger partial charge in [-0.05, 0) is 31.4 Å². The number of nitrogens with one attached hydrogen (secondary N) is 1. The van der Waals surface area contributed by atoms with Crippen LogP contribution in [0.5, 0.6) is 11.5 Å². The maximum absolute atomic E-state index is 5.64. The molecule has 0 heterocycles. The Labute approximate surface area is 129 Å². The average molecular weight is 291 g/mol. The Hall–Kier alpha value is -1.22. The van der Waals surface area contributed by atoms with Gasteiger partial charge in [-0.2, -0.15) is 0 Å². The lowest BCUT2D eigenvalue weighted by atomic mass is 9.72. The Morgan fingerprint density at radius 3 is 2.57 bits per heavy atom. The largest absolute Gasteiger partial charge is 0.493 e. The van der Waals surface area contributed by atoms with Crippen LogP contribution in [0.15, 0.2) is 18.2 Å². The Balaban J connectivity index is 2.36. The van der Waals surface area contributed by atoms with Crippen molar-refractivity contribution in [3.63, 3.8) is 0 Å². The summed E-state index contributed by atoms with van der Waals surface area (Å²) in [6.45, 7) is 2.32. The molecule has 0 bridgehead atoms. The molecular weight excluding hydrogens is 262 g/mol. The van der Waals surface area contributed by atoms with Crippen LogP contribution in [0.4, 0.5) is 0 Å². The van der Waals surface area contributed by atoms with Crippen molar-refractivity contribution in [2.24, 2.45) is 11.8 Å². The molecule has 1 aliphatic carbocycles. The number of hydrogen-bond acceptors (Lipinski definition) is 3. The lowest BCUT2D eigenvalue weighted by Crippen LogP contribution is -2.32. The van der Waals surface area contributed by atoms with E-state index in [0.717, 1.165) is 17.4 Å². The molecule has 0 aliphatic heterocycles. The Morgan fingerprint density at radius 1 is 1.19 bits per heavy atom. The highest BCUT2D eigenvalue weighted by Gasteiger charge is 2.32. The van der Waals surface area contributed by atoms with E-state index < -0.39 is 0 Å². The summed E-state index contributed by atoms with van der Waals surface area (Å²) in [5, 5.41) is 3.54. The summed E-state index contributed by atoms with van der Waals surface area (Å²) in [5.41, 5.74) is 1.23. The predicted octanol–water partition coefficient (Wildman–Crippen LogP) is 4.18. The van der Waals surface area contributed by atoms with Crippen LogP contribution < -0.4 is 14.8 Å². The minimum absolute atomic E-state index is 0.334. The highest BCUT2D eigenvalue weighted by atomic mass is 16.5. The van der Waals surface area contributed by atoms with Crippen LogP contribution in [0, 0.1) is 11.8 Å². The first-order valence-electron chi connectivity index (χ1n) is 8.14. The fraction of sp³-hybridized carbons (Fsp3) is 0.667. The normalized spacial score (nSPS) is 23.6. The molecule has 1 saturated carbocycles. The Bertz CT molecular complexity index is 447. The molecule has 1 aromatic carbocycles. The minimum atomic E-state index is 0.334. The Morgan fingerprint density at radius 2 is 1.95 bits per heavy atom. The highest BCUT2D eigenvalue weighted by Crippen LogP contribution is 2.44. The molecule has 3 atom stereocenters. The summed E-state index contributed by atoms with van der Waals surface area (Å²) in [6, 6.07) is 6.53. The molecule has 2 rings (SSSR count). The van der Waals surface area contributed by atoms with Gasteiger partial charge in [0.05, 0.1) is 14.2 Å². The predicted molar refractivity (Wildman–Crippen MR) is 87.1 cm³/mol. The first-order chi connectivity index (χ1) is 10.3. The molecule has 1 fully saturated rings. The maximum Gasteiger partial charge on any atom is 0.165 e. The third kappa shape index (κ3) is 3.34. The second kappa shape index (κ2) is 7.69. The summed E-state index contributed by atoms with van der Waals surface area (Å²) >= 11 is 0. The molecule has 1 aliphatic rings. The van der Waals surface area contributed by atoms with Crippen molar-refractivity contribution in [2.75, 3.05) is 21.3 Å². The molecule has 0 spiro atoms. The SMILES string of the molecule is CCC1CCCCC1C(NC)c1cccc(OC)c1OC. The zero-order valence-electron chi connectivity index (χ0n) is 13.8. The first-order valence-corrected chi connectivity index (χ1v) is 8.14. The summed E-state index contributed by atoms with van der Waals surface area (Å²) < 4.78 is 11.1. The zero-order valence-corrected chi connectivity index (χ0v) is 13.8. The number of para-hydroxylation sites is 1. The summed E-state index contributed by atoms with van der Waals surface area (Å²) in [5.74, 6) is 3.17. The van der Waals surface area contributed by atoms with E-state index in [1.54, 1.807) is 14.2 Å². The molecule has 0 amide bonds.